The fourth-order valence-electron chi connectivity index (χ4n) is 5.13. The number of benzene rings is 3. The van der Waals surface area contributed by atoms with Gasteiger partial charge in [-0.25, -0.2) is 4.79 Å². The van der Waals surface area contributed by atoms with E-state index in [4.69, 9.17) is 14.6 Å². The molecule has 9 heteroatoms. The summed E-state index contributed by atoms with van der Waals surface area (Å²) in [5, 5.41) is 41.7. The quantitative estimate of drug-likeness (QED) is 0.180. The van der Waals surface area contributed by atoms with E-state index in [9.17, 15) is 24.9 Å². The number of rotatable bonds is 10. The van der Waals surface area contributed by atoms with Gasteiger partial charge in [-0.1, -0.05) is 60.7 Å². The molecule has 5 atom stereocenters. The Morgan fingerprint density at radius 1 is 0.795 bits per heavy atom. The van der Waals surface area contributed by atoms with Gasteiger partial charge in [0.05, 0.1) is 0 Å². The number of aryl methyl sites for hydroxylation is 1. The molecule has 39 heavy (non-hydrogen) atoms. The number of hydrogen-bond acceptors (Lipinski definition) is 7. The van der Waals surface area contributed by atoms with Gasteiger partial charge in [0.25, 0.3) is 0 Å². The molecular formula is C30H31NO8. The average molecular weight is 534 g/mol. The number of aromatic nitrogens is 1. The second-order valence-corrected chi connectivity index (χ2v) is 9.78. The fraction of sp³-hybridized carbons (Fsp3) is 0.333. The van der Waals surface area contributed by atoms with E-state index < -0.39 is 36.7 Å². The third-order valence-electron chi connectivity index (χ3n) is 7.21. The normalized spacial score (nSPS) is 23.3. The van der Waals surface area contributed by atoms with E-state index in [1.807, 2.05) is 72.9 Å². The molecule has 0 bridgehead atoms. The first kappa shape index (κ1) is 27.0. The second kappa shape index (κ2) is 11.6. The number of hydrogen-bond donors (Lipinski definition) is 4. The van der Waals surface area contributed by atoms with Gasteiger partial charge in [0.1, 0.15) is 18.3 Å². The number of ketones is 1. The lowest BCUT2D eigenvalue weighted by Gasteiger charge is -2.38. The van der Waals surface area contributed by atoms with Crippen LogP contribution in [0, 0.1) is 0 Å². The van der Waals surface area contributed by atoms with Gasteiger partial charge in [-0.15, -0.1) is 0 Å². The molecule has 4 N–H and O–H groups in total. The summed E-state index contributed by atoms with van der Waals surface area (Å²) in [5.74, 6) is -1.47. The van der Waals surface area contributed by atoms with Crippen molar-refractivity contribution in [2.24, 2.45) is 0 Å². The summed E-state index contributed by atoms with van der Waals surface area (Å²) in [4.78, 5) is 24.9. The molecule has 9 nitrogen and oxygen atoms in total. The number of ether oxygens (including phenoxy) is 2. The maximum absolute atomic E-state index is 13.7. The fourth-order valence-corrected chi connectivity index (χ4v) is 5.13. The van der Waals surface area contributed by atoms with E-state index in [-0.39, 0.29) is 12.4 Å². The summed E-state index contributed by atoms with van der Waals surface area (Å²) < 4.78 is 12.7. The molecule has 4 aromatic rings. The summed E-state index contributed by atoms with van der Waals surface area (Å²) in [7, 11) is 0. The van der Waals surface area contributed by atoms with Crippen molar-refractivity contribution in [1.29, 1.82) is 0 Å². The minimum absolute atomic E-state index is 0.0202. The van der Waals surface area contributed by atoms with Crippen LogP contribution in [-0.2, 0) is 20.8 Å². The molecule has 1 saturated heterocycles. The van der Waals surface area contributed by atoms with Gasteiger partial charge in [0.15, 0.2) is 18.2 Å². The number of fused-ring (bicyclic) bond motifs is 2. The lowest BCUT2D eigenvalue weighted by molar-refractivity contribution is -0.294. The standard InChI is InChI=1S/C30H31NO8/c32-24(21-13-8-10-18-9-2-3-11-19(18)21)22-17-31(23-14-5-4-12-20(22)23)15-6-1-7-16-38-30-27(35)25(33)26(34)28(39-30)29(36)37/h2-5,8-14,17,25-28,30,33-35H,1,6-7,15-16H2,(H,36,37)/t25-,26-,27+,28-,30+/m0/s1. The first-order valence-electron chi connectivity index (χ1n) is 13.0. The van der Waals surface area contributed by atoms with Gasteiger partial charge >= 0.3 is 5.97 Å². The van der Waals surface area contributed by atoms with Crippen molar-refractivity contribution in [2.45, 2.75) is 56.5 Å². The zero-order valence-electron chi connectivity index (χ0n) is 21.2. The highest BCUT2D eigenvalue weighted by Gasteiger charge is 2.47. The highest BCUT2D eigenvalue weighted by atomic mass is 16.7. The van der Waals surface area contributed by atoms with E-state index in [1.54, 1.807) is 0 Å². The van der Waals surface area contributed by atoms with Crippen LogP contribution in [-0.4, -0.2) is 74.1 Å². The minimum Gasteiger partial charge on any atom is -0.479 e. The summed E-state index contributed by atoms with van der Waals surface area (Å²) >= 11 is 0. The second-order valence-electron chi connectivity index (χ2n) is 9.78. The topological polar surface area (TPSA) is 138 Å². The number of unbranched alkanes of at least 4 members (excludes halogenated alkanes) is 2. The molecular weight excluding hydrogens is 502 g/mol. The first-order valence-corrected chi connectivity index (χ1v) is 13.0. The third kappa shape index (κ3) is 5.45. The number of carboxylic acid groups (broad SMARTS) is 1. The van der Waals surface area contributed by atoms with E-state index in [0.29, 0.717) is 24.1 Å². The number of carbonyl (C=O) groups is 2. The van der Waals surface area contributed by atoms with E-state index in [2.05, 4.69) is 4.57 Å². The molecule has 0 radical (unpaired) electrons. The van der Waals surface area contributed by atoms with Crippen molar-refractivity contribution in [3.8, 4) is 0 Å². The van der Waals surface area contributed by atoms with Crippen LogP contribution in [0.3, 0.4) is 0 Å². The average Bonchev–Trinajstić information content (AvgIpc) is 3.32. The highest BCUT2D eigenvalue weighted by Crippen LogP contribution is 2.28. The predicted molar refractivity (Wildman–Crippen MR) is 143 cm³/mol. The molecule has 2 heterocycles. The molecule has 3 aromatic carbocycles. The Morgan fingerprint density at radius 3 is 2.31 bits per heavy atom. The largest absolute Gasteiger partial charge is 0.479 e. The van der Waals surface area contributed by atoms with E-state index >= 15 is 0 Å². The van der Waals surface area contributed by atoms with Crippen LogP contribution in [0.2, 0.25) is 0 Å². The summed E-state index contributed by atoms with van der Waals surface area (Å²) in [6.07, 6.45) is -3.95. The van der Waals surface area contributed by atoms with Crippen molar-refractivity contribution in [2.75, 3.05) is 6.61 Å². The predicted octanol–water partition coefficient (Wildman–Crippen LogP) is 3.10. The number of para-hydroxylation sites is 1. The first-order chi connectivity index (χ1) is 18.9. The van der Waals surface area contributed by atoms with Gasteiger partial charge in [-0.3, -0.25) is 4.79 Å². The molecule has 0 amide bonds. The number of carbonyl (C=O) groups excluding carboxylic acids is 1. The van der Waals surface area contributed by atoms with Gasteiger partial charge in [0.2, 0.25) is 0 Å². The van der Waals surface area contributed by atoms with Crippen LogP contribution in [0.1, 0.15) is 35.2 Å². The maximum Gasteiger partial charge on any atom is 0.335 e. The smallest absolute Gasteiger partial charge is 0.335 e. The number of aliphatic hydroxyl groups is 3. The summed E-state index contributed by atoms with van der Waals surface area (Å²) in [6, 6.07) is 21.4. The number of aliphatic carboxylic acids is 1. The molecule has 0 spiro atoms. The number of nitrogens with zero attached hydrogens (tertiary/aromatic N) is 1. The van der Waals surface area contributed by atoms with Crippen LogP contribution >= 0.6 is 0 Å². The molecule has 1 aliphatic rings. The molecule has 1 aliphatic heterocycles. The Hall–Kier alpha value is -3.60. The van der Waals surface area contributed by atoms with Crippen LogP contribution < -0.4 is 0 Å². The van der Waals surface area contributed by atoms with E-state index in [1.165, 1.54) is 0 Å². The maximum atomic E-state index is 13.7. The SMILES string of the molecule is O=C(c1cccc2ccccc12)c1cn(CCCCCO[C@@H]2O[C@H](C(=O)O)[C@@H](O)[C@H](O)[C@H]2O)c2ccccc12. The Kier molecular flexibility index (Phi) is 8.06. The number of aliphatic hydroxyl groups excluding tert-OH is 3. The van der Waals surface area contributed by atoms with Gasteiger partial charge in [0, 0.05) is 41.4 Å². The van der Waals surface area contributed by atoms with Gasteiger partial charge in [-0.2, -0.15) is 0 Å². The minimum atomic E-state index is -1.74. The Bertz CT molecular complexity index is 1480. The van der Waals surface area contributed by atoms with Crippen LogP contribution in [0.15, 0.2) is 72.9 Å². The molecule has 0 unspecified atom stereocenters. The monoisotopic (exact) mass is 533 g/mol. The summed E-state index contributed by atoms with van der Waals surface area (Å²) in [6.45, 7) is 0.853. The lowest BCUT2D eigenvalue weighted by Crippen LogP contribution is -2.60. The molecule has 0 aliphatic carbocycles. The zero-order valence-corrected chi connectivity index (χ0v) is 21.2. The van der Waals surface area contributed by atoms with Crippen molar-refractivity contribution in [3.63, 3.8) is 0 Å². The van der Waals surface area contributed by atoms with Crippen molar-refractivity contribution in [1.82, 2.24) is 4.57 Å². The third-order valence-corrected chi connectivity index (χ3v) is 7.21. The van der Waals surface area contributed by atoms with Crippen molar-refractivity contribution < 1.29 is 39.5 Å². The number of carboxylic acids is 1. The molecule has 1 aromatic heterocycles. The van der Waals surface area contributed by atoms with Gasteiger partial charge < -0.3 is 34.5 Å². The van der Waals surface area contributed by atoms with Crippen LogP contribution in [0.25, 0.3) is 21.7 Å². The van der Waals surface area contributed by atoms with Crippen molar-refractivity contribution in [3.05, 3.63) is 84.1 Å². The Labute approximate surface area is 224 Å². The molecule has 1 fully saturated rings. The molecule has 0 saturated carbocycles. The lowest BCUT2D eigenvalue weighted by atomic mass is 9.97. The Morgan fingerprint density at radius 2 is 1.51 bits per heavy atom. The summed E-state index contributed by atoms with van der Waals surface area (Å²) in [5.41, 5.74) is 2.30. The van der Waals surface area contributed by atoms with Crippen LogP contribution in [0.5, 0.6) is 0 Å². The molecule has 204 valence electrons. The van der Waals surface area contributed by atoms with E-state index in [0.717, 1.165) is 34.5 Å². The zero-order chi connectivity index (χ0) is 27.5. The highest BCUT2D eigenvalue weighted by molar-refractivity contribution is 6.21. The van der Waals surface area contributed by atoms with Crippen LogP contribution in [0.4, 0.5) is 0 Å². The van der Waals surface area contributed by atoms with Crippen molar-refractivity contribution >= 4 is 33.4 Å². The van der Waals surface area contributed by atoms with Gasteiger partial charge in [-0.05, 0) is 36.1 Å². The molecule has 5 rings (SSSR count). The Balaban J connectivity index is 1.21.